The molecule has 1 saturated heterocycles. The number of hydrogen-bond acceptors (Lipinski definition) is 9. The molecule has 13 heteroatoms. The van der Waals surface area contributed by atoms with Gasteiger partial charge < -0.3 is 42.8 Å². The predicted octanol–water partition coefficient (Wildman–Crippen LogP) is 7.08. The fourth-order valence-electron chi connectivity index (χ4n) is 6.24. The van der Waals surface area contributed by atoms with Crippen LogP contribution in [0.3, 0.4) is 0 Å². The third kappa shape index (κ3) is 10.6. The normalized spacial score (nSPS) is 14.8. The van der Waals surface area contributed by atoms with Gasteiger partial charge >= 0.3 is 0 Å². The lowest BCUT2D eigenvalue weighted by atomic mass is 9.93. The van der Waals surface area contributed by atoms with Gasteiger partial charge in [-0.25, -0.2) is 8.78 Å². The smallest absolute Gasteiger partial charge is 0.159 e. The summed E-state index contributed by atoms with van der Waals surface area (Å²) in [6, 6.07) is 18.9. The van der Waals surface area contributed by atoms with Crippen molar-refractivity contribution in [1.82, 2.24) is 10.2 Å². The van der Waals surface area contributed by atoms with Crippen molar-refractivity contribution in [2.24, 2.45) is 0 Å². The molecule has 1 heterocycles. The van der Waals surface area contributed by atoms with E-state index in [9.17, 15) is 24.1 Å². The van der Waals surface area contributed by atoms with E-state index in [2.05, 4.69) is 29.3 Å². The van der Waals surface area contributed by atoms with Crippen molar-refractivity contribution in [1.29, 1.82) is 0 Å². The summed E-state index contributed by atoms with van der Waals surface area (Å²) in [6.45, 7) is 6.30. The maximum Gasteiger partial charge on any atom is 0.159 e. The number of benzene rings is 4. The highest BCUT2D eigenvalue weighted by Crippen LogP contribution is 2.36. The molecule has 1 aliphatic heterocycles. The SMILES string of the molecule is Cc1c(COc2cc(OCc3ccc(F)c(F)c3)c(CNC(CO)(CO)CO)cc2Cl)cccc1-c1cccc(OCCCN2CC[C@@H](OI)C2)c1C. The Labute approximate surface area is 328 Å². The van der Waals surface area contributed by atoms with E-state index in [1.807, 2.05) is 54.2 Å². The van der Waals surface area contributed by atoms with Gasteiger partial charge in [0.05, 0.1) is 43.1 Å². The van der Waals surface area contributed by atoms with Gasteiger partial charge in [-0.15, -0.1) is 0 Å². The average molecular weight is 867 g/mol. The van der Waals surface area contributed by atoms with Crippen LogP contribution in [0.4, 0.5) is 8.78 Å². The molecule has 53 heavy (non-hydrogen) atoms. The van der Waals surface area contributed by atoms with Gasteiger partial charge in [0.1, 0.15) is 53.5 Å². The summed E-state index contributed by atoms with van der Waals surface area (Å²) in [5.74, 6) is -0.454. The van der Waals surface area contributed by atoms with Gasteiger partial charge in [0, 0.05) is 37.8 Å². The molecule has 0 radical (unpaired) electrons. The number of halogens is 4. The molecule has 4 aromatic carbocycles. The van der Waals surface area contributed by atoms with Gasteiger partial charge in [-0.2, -0.15) is 0 Å². The molecule has 0 unspecified atom stereocenters. The Kier molecular flexibility index (Phi) is 15.1. The van der Waals surface area contributed by atoms with Crippen molar-refractivity contribution >= 4 is 34.6 Å². The zero-order chi connectivity index (χ0) is 38.0. The summed E-state index contributed by atoms with van der Waals surface area (Å²) < 4.78 is 51.5. The second-order valence-electron chi connectivity index (χ2n) is 13.3. The summed E-state index contributed by atoms with van der Waals surface area (Å²) in [6.07, 6.45) is 2.30. The Morgan fingerprint density at radius 1 is 0.830 bits per heavy atom. The van der Waals surface area contributed by atoms with E-state index >= 15 is 0 Å². The third-order valence-corrected chi connectivity index (χ3v) is 10.7. The van der Waals surface area contributed by atoms with Crippen LogP contribution in [0, 0.1) is 25.5 Å². The summed E-state index contributed by atoms with van der Waals surface area (Å²) in [7, 11) is 0. The Morgan fingerprint density at radius 3 is 2.25 bits per heavy atom. The van der Waals surface area contributed by atoms with Crippen LogP contribution < -0.4 is 19.5 Å². The highest BCUT2D eigenvalue weighted by atomic mass is 127. The molecule has 0 bridgehead atoms. The quantitative estimate of drug-likeness (QED) is 0.0581. The van der Waals surface area contributed by atoms with Crippen molar-refractivity contribution in [2.45, 2.75) is 58.1 Å². The average Bonchev–Trinajstić information content (AvgIpc) is 3.64. The van der Waals surface area contributed by atoms with E-state index in [1.54, 1.807) is 12.1 Å². The zero-order valence-corrected chi connectivity index (χ0v) is 32.8. The van der Waals surface area contributed by atoms with Gasteiger partial charge in [0.15, 0.2) is 11.6 Å². The van der Waals surface area contributed by atoms with E-state index < -0.39 is 37.0 Å². The number of aliphatic hydroxyl groups is 3. The minimum Gasteiger partial charge on any atom is -0.493 e. The van der Waals surface area contributed by atoms with E-state index in [4.69, 9.17) is 28.9 Å². The topological polar surface area (TPSA) is 113 Å². The first kappa shape index (κ1) is 41.1. The molecule has 1 atom stereocenters. The Morgan fingerprint density at radius 2 is 1.55 bits per heavy atom. The lowest BCUT2D eigenvalue weighted by Gasteiger charge is -2.29. The molecule has 9 nitrogen and oxygen atoms in total. The molecule has 0 aromatic heterocycles. The second kappa shape index (κ2) is 19.5. The van der Waals surface area contributed by atoms with E-state index in [1.165, 1.54) is 6.07 Å². The molecule has 0 saturated carbocycles. The first-order valence-electron chi connectivity index (χ1n) is 17.5. The number of ether oxygens (including phenoxy) is 3. The fourth-order valence-corrected chi connectivity index (χ4v) is 6.90. The molecule has 1 fully saturated rings. The zero-order valence-electron chi connectivity index (χ0n) is 29.8. The second-order valence-corrected chi connectivity index (χ2v) is 14.3. The molecule has 4 aromatic rings. The van der Waals surface area contributed by atoms with Crippen LogP contribution in [0.2, 0.25) is 5.02 Å². The van der Waals surface area contributed by atoms with Crippen LogP contribution >= 0.6 is 34.6 Å². The Balaban J connectivity index is 1.30. The maximum atomic E-state index is 13.9. The number of hydrogen-bond donors (Lipinski definition) is 4. The van der Waals surface area contributed by atoms with Crippen LogP contribution in [0.5, 0.6) is 17.2 Å². The van der Waals surface area contributed by atoms with Crippen molar-refractivity contribution in [3.05, 3.63) is 111 Å². The van der Waals surface area contributed by atoms with Gasteiger partial charge in [-0.05, 0) is 84.3 Å². The minimum atomic E-state index is -1.35. The van der Waals surface area contributed by atoms with Gasteiger partial charge in [-0.1, -0.05) is 48.0 Å². The highest BCUT2D eigenvalue weighted by Gasteiger charge is 2.28. The lowest BCUT2D eigenvalue weighted by Crippen LogP contribution is -2.54. The van der Waals surface area contributed by atoms with Crippen molar-refractivity contribution in [3.63, 3.8) is 0 Å². The monoisotopic (exact) mass is 866 g/mol. The molecule has 1 aliphatic rings. The van der Waals surface area contributed by atoms with Crippen LogP contribution in [-0.4, -0.2) is 77.9 Å². The van der Waals surface area contributed by atoms with Gasteiger partial charge in [0.2, 0.25) is 0 Å². The molecule has 5 rings (SSSR count). The van der Waals surface area contributed by atoms with E-state index in [0.717, 1.165) is 78.2 Å². The fraction of sp³-hybridized carbons (Fsp3) is 0.400. The summed E-state index contributed by atoms with van der Waals surface area (Å²) in [4.78, 5) is 2.41. The molecule has 0 aliphatic carbocycles. The Bertz CT molecular complexity index is 1820. The van der Waals surface area contributed by atoms with Gasteiger partial charge in [-0.3, -0.25) is 0 Å². The van der Waals surface area contributed by atoms with Crippen LogP contribution in [0.25, 0.3) is 11.1 Å². The van der Waals surface area contributed by atoms with Crippen molar-refractivity contribution in [3.8, 4) is 28.4 Å². The Hall–Kier alpha value is -3.08. The van der Waals surface area contributed by atoms with Crippen LogP contribution in [0.15, 0.2) is 66.7 Å². The maximum absolute atomic E-state index is 13.9. The van der Waals surface area contributed by atoms with Crippen molar-refractivity contribution in [2.75, 3.05) is 46.1 Å². The van der Waals surface area contributed by atoms with E-state index in [0.29, 0.717) is 35.3 Å². The van der Waals surface area contributed by atoms with Crippen molar-refractivity contribution < 1.29 is 41.4 Å². The standard InChI is InChI=1S/C40H46ClF2IN2O7/c1-26-29(6-3-7-32(26)33-8-4-9-37(27(33)2)50-15-5-13-46-14-12-31(20-46)53-44)22-52-39-18-38(51-21-28-10-11-35(42)36(43)16-28)30(17-34(39)41)19-45-40(23-47,24-48)25-49/h3-4,6-11,16-18,31,45,47-49H,5,12-15,19-25H2,1-2H3/t31-/m1/s1. The molecule has 0 spiro atoms. The predicted molar refractivity (Wildman–Crippen MR) is 209 cm³/mol. The summed E-state index contributed by atoms with van der Waals surface area (Å²) in [5.41, 5.74) is 4.72. The molecular formula is C40H46ClF2IN2O7. The highest BCUT2D eigenvalue weighted by molar-refractivity contribution is 14.1. The first-order valence-corrected chi connectivity index (χ1v) is 18.8. The first-order chi connectivity index (χ1) is 25.6. The summed E-state index contributed by atoms with van der Waals surface area (Å²) in [5, 5.41) is 32.6. The number of likely N-dealkylation sites (tertiary alicyclic amines) is 1. The minimum absolute atomic E-state index is 0.0467. The lowest BCUT2D eigenvalue weighted by molar-refractivity contribution is 0.0412. The molecule has 286 valence electrons. The number of aliphatic hydroxyl groups excluding tert-OH is 3. The largest absolute Gasteiger partial charge is 0.493 e. The third-order valence-electron chi connectivity index (χ3n) is 9.69. The molecule has 4 N–H and O–H groups in total. The summed E-state index contributed by atoms with van der Waals surface area (Å²) >= 11 is 8.70. The number of rotatable bonds is 19. The van der Waals surface area contributed by atoms with Crippen LogP contribution in [0.1, 0.15) is 40.7 Å². The van der Waals surface area contributed by atoms with Gasteiger partial charge in [0.25, 0.3) is 0 Å². The van der Waals surface area contributed by atoms with Crippen LogP contribution in [-0.2, 0) is 22.8 Å². The molecular weight excluding hydrogens is 821 g/mol. The number of nitrogens with zero attached hydrogens (tertiary/aromatic N) is 1. The number of nitrogens with one attached hydrogen (secondary N) is 1. The molecule has 0 amide bonds. The van der Waals surface area contributed by atoms with E-state index in [-0.39, 0.29) is 24.8 Å².